The van der Waals surface area contributed by atoms with Crippen molar-refractivity contribution in [1.82, 2.24) is 4.98 Å². The molecular weight excluding hydrogens is 256 g/mol. The molecule has 0 spiro atoms. The Bertz CT molecular complexity index is 683. The number of nitrogens with zero attached hydrogens (tertiary/aromatic N) is 1. The molecule has 1 aromatic heterocycles. The lowest BCUT2D eigenvalue weighted by Crippen LogP contribution is -2.30. The fourth-order valence-electron chi connectivity index (χ4n) is 2.46. The summed E-state index contributed by atoms with van der Waals surface area (Å²) in [5.41, 5.74) is 9.80. The van der Waals surface area contributed by atoms with E-state index < -0.39 is 5.60 Å². The van der Waals surface area contributed by atoms with E-state index >= 15 is 0 Å². The Morgan fingerprint density at radius 1 is 1.26 bits per heavy atom. The average Bonchev–Trinajstić information content (AvgIpc) is 2.29. The van der Waals surface area contributed by atoms with Crippen LogP contribution < -0.4 is 22.1 Å². The molecule has 0 amide bonds. The number of aromatic nitrogens is 1. The molecule has 0 aliphatic rings. The maximum absolute atomic E-state index is 10.2. The van der Waals surface area contributed by atoms with Crippen molar-refractivity contribution in [1.29, 1.82) is 0 Å². The minimum atomic E-state index is -1.07. The summed E-state index contributed by atoms with van der Waals surface area (Å²) in [5.74, 6) is 0. The molecule has 0 aliphatic carbocycles. The predicted octanol–water partition coefficient (Wildman–Crippen LogP) is -2.53. The smallest absolute Gasteiger partial charge is 0.142 e. The molecule has 1 heterocycles. The first-order valence-corrected chi connectivity index (χ1v) is 6.60. The van der Waals surface area contributed by atoms with E-state index in [9.17, 15) is 5.11 Å². The normalized spacial score (nSPS) is 12.0. The summed E-state index contributed by atoms with van der Waals surface area (Å²) in [4.78, 5) is 4.54. The number of anilines is 1. The summed E-state index contributed by atoms with van der Waals surface area (Å²) in [6.45, 7) is 3.37. The van der Waals surface area contributed by atoms with Crippen molar-refractivity contribution in [2.24, 2.45) is 0 Å². The molecule has 7 heteroatoms. The molecule has 0 fully saturated rings. The molecule has 3 nitrogen and oxygen atoms in total. The van der Waals surface area contributed by atoms with Crippen LogP contribution in [0.4, 0.5) is 5.69 Å². The van der Waals surface area contributed by atoms with E-state index in [1.807, 2.05) is 29.6 Å². The van der Waals surface area contributed by atoms with Gasteiger partial charge in [-0.2, -0.15) is 0 Å². The Kier molecular flexibility index (Phi) is 3.35. The van der Waals surface area contributed by atoms with Crippen LogP contribution >= 0.6 is 11.6 Å². The molecule has 2 aromatic rings. The van der Waals surface area contributed by atoms with Crippen molar-refractivity contribution in [2.45, 2.75) is 19.4 Å². The number of nitrogen functional groups attached to an aromatic ring is 1. The number of rotatable bonds is 1. The van der Waals surface area contributed by atoms with Gasteiger partial charge in [-0.15, -0.1) is 0 Å². The van der Waals surface area contributed by atoms with Gasteiger partial charge in [0.05, 0.1) is 16.9 Å². The number of halogens is 1. The van der Waals surface area contributed by atoms with Crippen LogP contribution in [0.2, 0.25) is 5.02 Å². The fourth-order valence-corrected chi connectivity index (χ4v) is 2.61. The Morgan fingerprint density at radius 2 is 1.84 bits per heavy atom. The average molecular weight is 272 g/mol. The van der Waals surface area contributed by atoms with Gasteiger partial charge >= 0.3 is 0 Å². The van der Waals surface area contributed by atoms with Gasteiger partial charge in [0, 0.05) is 5.02 Å². The largest absolute Gasteiger partial charge is 0.398 e. The molecule has 0 radical (unpaired) electrons. The van der Waals surface area contributed by atoms with Gasteiger partial charge in [0.15, 0.2) is 0 Å². The van der Waals surface area contributed by atoms with E-state index in [0.29, 0.717) is 11.4 Å². The number of nitrogens with two attached hydrogens (primary N) is 1. The van der Waals surface area contributed by atoms with E-state index in [1.165, 1.54) is 0 Å². The summed E-state index contributed by atoms with van der Waals surface area (Å²) >= 11 is 6.29. The van der Waals surface area contributed by atoms with Crippen LogP contribution in [0, 0.1) is 0 Å². The second-order valence-electron chi connectivity index (χ2n) is 5.58. The van der Waals surface area contributed by atoms with Crippen molar-refractivity contribution >= 4 is 68.1 Å². The molecule has 0 bridgehead atoms. The number of fused-ring (bicyclic) bond motifs is 1. The predicted molar refractivity (Wildman–Crippen MR) is 90.9 cm³/mol. The highest BCUT2D eigenvalue weighted by molar-refractivity contribution is 6.58. The fraction of sp³-hybridized carbons (Fsp3) is 0.250. The van der Waals surface area contributed by atoms with Crippen LogP contribution in [-0.2, 0) is 5.60 Å². The van der Waals surface area contributed by atoms with Crippen molar-refractivity contribution in [3.8, 4) is 0 Å². The van der Waals surface area contributed by atoms with Crippen LogP contribution in [0.3, 0.4) is 0 Å². The number of benzene rings is 1. The summed E-state index contributed by atoms with van der Waals surface area (Å²) in [6.07, 6.45) is 0. The number of pyridine rings is 1. The molecule has 2 rings (SSSR count). The van der Waals surface area contributed by atoms with Gasteiger partial charge in [0.2, 0.25) is 0 Å². The lowest BCUT2D eigenvalue weighted by atomic mass is 9.77. The Labute approximate surface area is 120 Å². The Hall–Kier alpha value is -1.13. The van der Waals surface area contributed by atoms with E-state index in [1.54, 1.807) is 13.8 Å². The van der Waals surface area contributed by atoms with Gasteiger partial charge < -0.3 is 10.8 Å². The molecule has 0 aliphatic heterocycles. The zero-order chi connectivity index (χ0) is 14.5. The Balaban J connectivity index is 2.97. The van der Waals surface area contributed by atoms with Crippen LogP contribution in [0.25, 0.3) is 10.9 Å². The first-order chi connectivity index (χ1) is 8.64. The number of aliphatic hydroxyl groups is 1. The second-order valence-corrected chi connectivity index (χ2v) is 5.96. The number of hydrogen-bond donors (Lipinski definition) is 2. The zero-order valence-electron chi connectivity index (χ0n) is 11.9. The zero-order valence-corrected chi connectivity index (χ0v) is 12.7. The van der Waals surface area contributed by atoms with Crippen molar-refractivity contribution in [3.05, 3.63) is 16.8 Å². The van der Waals surface area contributed by atoms with E-state index in [2.05, 4.69) is 4.98 Å². The van der Waals surface area contributed by atoms with Crippen LogP contribution in [0.5, 0.6) is 0 Å². The van der Waals surface area contributed by atoms with E-state index in [0.717, 1.165) is 32.3 Å². The maximum atomic E-state index is 10.2. The molecule has 0 saturated heterocycles. The SMILES string of the molecule is Bc1cc2nc(C(C)(C)O)c(N)c(B)c2c(B)c1Cl. The Morgan fingerprint density at radius 3 is 2.37 bits per heavy atom. The lowest BCUT2D eigenvalue weighted by molar-refractivity contribution is 0.0751. The third-order valence-electron chi connectivity index (χ3n) is 3.51. The highest BCUT2D eigenvalue weighted by atomic mass is 35.5. The van der Waals surface area contributed by atoms with Crippen LogP contribution in [0.15, 0.2) is 6.07 Å². The molecule has 19 heavy (non-hydrogen) atoms. The summed E-state index contributed by atoms with van der Waals surface area (Å²) in [7, 11) is 5.86. The van der Waals surface area contributed by atoms with Gasteiger partial charge in [-0.3, -0.25) is 0 Å². The van der Waals surface area contributed by atoms with Gasteiger partial charge in [-0.1, -0.05) is 28.0 Å². The first kappa shape index (κ1) is 14.3. The van der Waals surface area contributed by atoms with Crippen molar-refractivity contribution in [2.75, 3.05) is 5.73 Å². The highest BCUT2D eigenvalue weighted by Gasteiger charge is 2.24. The number of hydrogen-bond acceptors (Lipinski definition) is 3. The molecule has 3 N–H and O–H groups in total. The molecule has 96 valence electrons. The van der Waals surface area contributed by atoms with E-state index in [4.69, 9.17) is 17.3 Å². The molecule has 0 unspecified atom stereocenters. The summed E-state index contributed by atoms with van der Waals surface area (Å²) in [6, 6.07) is 1.94. The summed E-state index contributed by atoms with van der Waals surface area (Å²) < 4.78 is 0. The van der Waals surface area contributed by atoms with Gasteiger partial charge in [0.25, 0.3) is 0 Å². The summed E-state index contributed by atoms with van der Waals surface area (Å²) in [5, 5.41) is 11.9. The second kappa shape index (κ2) is 4.46. The molecule has 0 atom stereocenters. The lowest BCUT2D eigenvalue weighted by Gasteiger charge is -2.22. The van der Waals surface area contributed by atoms with Gasteiger partial charge in [0.1, 0.15) is 29.1 Å². The van der Waals surface area contributed by atoms with Crippen molar-refractivity contribution in [3.63, 3.8) is 0 Å². The minimum Gasteiger partial charge on any atom is -0.398 e. The standard InChI is InChI=1S/C12H16B3ClN2O/c1-12(2,19)11-10(17)8(15)6-5(18-11)3-4(13)9(16)7(6)14/h3,19H,13-15,17H2,1-2H3. The molecule has 1 aromatic carbocycles. The van der Waals surface area contributed by atoms with Gasteiger partial charge in [-0.05, 0) is 25.3 Å². The third-order valence-corrected chi connectivity index (χ3v) is 4.09. The highest BCUT2D eigenvalue weighted by Crippen LogP contribution is 2.25. The van der Waals surface area contributed by atoms with E-state index in [-0.39, 0.29) is 0 Å². The molecular formula is C12H16B3ClN2O. The van der Waals surface area contributed by atoms with Gasteiger partial charge in [-0.25, -0.2) is 4.98 Å². The maximum Gasteiger partial charge on any atom is 0.142 e. The monoisotopic (exact) mass is 272 g/mol. The molecule has 0 saturated carbocycles. The first-order valence-electron chi connectivity index (χ1n) is 6.23. The third kappa shape index (κ3) is 2.23. The quantitative estimate of drug-likeness (QED) is 0.563. The topological polar surface area (TPSA) is 59.1 Å². The van der Waals surface area contributed by atoms with Crippen LogP contribution in [0.1, 0.15) is 19.5 Å². The van der Waals surface area contributed by atoms with Crippen molar-refractivity contribution < 1.29 is 5.11 Å². The minimum absolute atomic E-state index is 0.513. The van der Waals surface area contributed by atoms with Crippen LogP contribution in [-0.4, -0.2) is 33.6 Å².